The first-order chi connectivity index (χ1) is 4.63. The van der Waals surface area contributed by atoms with Crippen molar-refractivity contribution in [3.63, 3.8) is 0 Å². The van der Waals surface area contributed by atoms with Gasteiger partial charge in [0.25, 0.3) is 0 Å². The SMILES string of the molecule is CC(C)C1CO[P+](=O)N1C. The Morgan fingerprint density at radius 3 is 2.50 bits per heavy atom. The molecule has 2 unspecified atom stereocenters. The van der Waals surface area contributed by atoms with Crippen molar-refractivity contribution in [3.05, 3.63) is 0 Å². The van der Waals surface area contributed by atoms with E-state index in [-0.39, 0.29) is 0 Å². The highest BCUT2D eigenvalue weighted by molar-refractivity contribution is 7.36. The number of hydrogen-bond acceptors (Lipinski definition) is 2. The molecule has 0 aromatic carbocycles. The van der Waals surface area contributed by atoms with Gasteiger partial charge in [-0.25, -0.2) is 0 Å². The summed E-state index contributed by atoms with van der Waals surface area (Å²) < 4.78 is 17.7. The third-order valence-corrected chi connectivity index (χ3v) is 3.04. The summed E-state index contributed by atoms with van der Waals surface area (Å²) in [7, 11) is 0.329. The fourth-order valence-electron chi connectivity index (χ4n) is 1.08. The van der Waals surface area contributed by atoms with Crippen LogP contribution < -0.4 is 0 Å². The van der Waals surface area contributed by atoms with Crippen molar-refractivity contribution >= 4 is 8.18 Å². The van der Waals surface area contributed by atoms with Crippen LogP contribution in [0.4, 0.5) is 0 Å². The number of rotatable bonds is 1. The zero-order chi connectivity index (χ0) is 7.72. The average Bonchev–Trinajstić information content (AvgIpc) is 2.14. The van der Waals surface area contributed by atoms with Crippen molar-refractivity contribution < 1.29 is 9.09 Å². The van der Waals surface area contributed by atoms with Gasteiger partial charge in [0, 0.05) is 7.05 Å². The lowest BCUT2D eigenvalue weighted by Gasteiger charge is -2.11. The van der Waals surface area contributed by atoms with Crippen LogP contribution in [0.5, 0.6) is 0 Å². The quantitative estimate of drug-likeness (QED) is 0.549. The normalized spacial score (nSPS) is 32.0. The van der Waals surface area contributed by atoms with E-state index >= 15 is 0 Å². The molecule has 0 amide bonds. The summed E-state index contributed by atoms with van der Waals surface area (Å²) in [6.45, 7) is 4.83. The van der Waals surface area contributed by atoms with Crippen LogP contribution in [0.1, 0.15) is 13.8 Å². The summed E-state index contributed by atoms with van der Waals surface area (Å²) in [6, 6.07) is 0.337. The van der Waals surface area contributed by atoms with Crippen molar-refractivity contribution in [2.75, 3.05) is 13.7 Å². The van der Waals surface area contributed by atoms with Crippen LogP contribution in [-0.4, -0.2) is 24.4 Å². The largest absolute Gasteiger partial charge is 0.615 e. The van der Waals surface area contributed by atoms with E-state index in [1.807, 2.05) is 7.05 Å². The van der Waals surface area contributed by atoms with E-state index in [1.165, 1.54) is 0 Å². The summed E-state index contributed by atoms with van der Waals surface area (Å²) in [5, 5.41) is 0. The predicted octanol–water partition coefficient (Wildman–Crippen LogP) is 1.63. The van der Waals surface area contributed by atoms with Gasteiger partial charge in [-0.05, 0) is 10.5 Å². The van der Waals surface area contributed by atoms with Crippen molar-refractivity contribution in [3.8, 4) is 0 Å². The topological polar surface area (TPSA) is 29.5 Å². The summed E-state index contributed by atoms with van der Waals surface area (Å²) in [6.07, 6.45) is 0. The van der Waals surface area contributed by atoms with Gasteiger partial charge in [0.1, 0.15) is 6.61 Å². The molecule has 3 nitrogen and oxygen atoms in total. The van der Waals surface area contributed by atoms with Crippen LogP contribution in [0.25, 0.3) is 0 Å². The second-order valence-electron chi connectivity index (χ2n) is 2.92. The van der Waals surface area contributed by atoms with Crippen LogP contribution in [-0.2, 0) is 9.09 Å². The van der Waals surface area contributed by atoms with Gasteiger partial charge < -0.3 is 0 Å². The number of hydrogen-bond donors (Lipinski definition) is 0. The second-order valence-corrected chi connectivity index (χ2v) is 4.28. The summed E-state index contributed by atoms with van der Waals surface area (Å²) in [4.78, 5) is 0. The van der Waals surface area contributed by atoms with E-state index in [2.05, 4.69) is 13.8 Å². The smallest absolute Gasteiger partial charge is 0.128 e. The minimum Gasteiger partial charge on any atom is -0.128 e. The van der Waals surface area contributed by atoms with Gasteiger partial charge >= 0.3 is 8.18 Å². The highest BCUT2D eigenvalue weighted by Gasteiger charge is 2.43. The number of likely N-dealkylation sites (N-methyl/N-ethyl adjacent to an activating group) is 1. The van der Waals surface area contributed by atoms with Crippen molar-refractivity contribution in [1.82, 2.24) is 4.67 Å². The second kappa shape index (κ2) is 2.95. The van der Waals surface area contributed by atoms with Gasteiger partial charge in [0.15, 0.2) is 0 Å². The molecule has 1 fully saturated rings. The molecule has 1 rings (SSSR count). The van der Waals surface area contributed by atoms with Crippen LogP contribution in [0.15, 0.2) is 0 Å². The van der Waals surface area contributed by atoms with E-state index in [0.717, 1.165) is 0 Å². The minimum atomic E-state index is -1.51. The maximum Gasteiger partial charge on any atom is 0.615 e. The van der Waals surface area contributed by atoms with Gasteiger partial charge in [-0.2, -0.15) is 0 Å². The molecule has 0 N–H and O–H groups in total. The van der Waals surface area contributed by atoms with E-state index in [0.29, 0.717) is 18.6 Å². The Balaban J connectivity index is 2.57. The van der Waals surface area contributed by atoms with Gasteiger partial charge in [-0.1, -0.05) is 18.5 Å². The zero-order valence-corrected chi connectivity index (χ0v) is 7.47. The molecule has 1 saturated heterocycles. The van der Waals surface area contributed by atoms with Gasteiger partial charge in [0.2, 0.25) is 0 Å². The fourth-order valence-corrected chi connectivity index (χ4v) is 2.12. The maximum atomic E-state index is 10.9. The maximum absolute atomic E-state index is 10.9. The molecule has 58 valence electrons. The molecule has 0 aliphatic carbocycles. The molecule has 10 heavy (non-hydrogen) atoms. The molecule has 0 spiro atoms. The lowest BCUT2D eigenvalue weighted by Crippen LogP contribution is -2.28. The molecular formula is C6H13NO2P+. The standard InChI is InChI=1S/C6H13NO2P/c1-5(2)6-4-9-10(8)7(6)3/h5-6H,4H2,1-3H3/q+1. The highest BCUT2D eigenvalue weighted by Crippen LogP contribution is 2.38. The molecule has 1 aliphatic heterocycles. The van der Waals surface area contributed by atoms with E-state index < -0.39 is 8.18 Å². The molecule has 0 saturated carbocycles. The van der Waals surface area contributed by atoms with Crippen molar-refractivity contribution in [1.29, 1.82) is 0 Å². The van der Waals surface area contributed by atoms with Crippen LogP contribution in [0.3, 0.4) is 0 Å². The Hall–Kier alpha value is 0.0200. The third-order valence-electron chi connectivity index (χ3n) is 1.86. The molecule has 0 aromatic rings. The van der Waals surface area contributed by atoms with E-state index in [9.17, 15) is 4.57 Å². The predicted molar refractivity (Wildman–Crippen MR) is 39.9 cm³/mol. The summed E-state index contributed by atoms with van der Waals surface area (Å²) in [5.41, 5.74) is 0. The zero-order valence-electron chi connectivity index (χ0n) is 6.57. The Morgan fingerprint density at radius 2 is 2.30 bits per heavy atom. The fraction of sp³-hybridized carbons (Fsp3) is 1.00. The molecule has 2 atom stereocenters. The van der Waals surface area contributed by atoms with Crippen molar-refractivity contribution in [2.45, 2.75) is 19.9 Å². The van der Waals surface area contributed by atoms with Crippen LogP contribution in [0.2, 0.25) is 0 Å². The Labute approximate surface area is 62.3 Å². The van der Waals surface area contributed by atoms with Crippen LogP contribution >= 0.6 is 8.18 Å². The molecule has 0 aromatic heterocycles. The minimum absolute atomic E-state index is 0.337. The lowest BCUT2D eigenvalue weighted by atomic mass is 10.1. The lowest BCUT2D eigenvalue weighted by molar-refractivity contribution is 0.273. The third kappa shape index (κ3) is 1.36. The summed E-state index contributed by atoms with van der Waals surface area (Å²) >= 11 is 0. The first kappa shape index (κ1) is 8.12. The molecule has 0 radical (unpaired) electrons. The molecule has 1 aliphatic rings. The molecule has 0 bridgehead atoms. The Kier molecular flexibility index (Phi) is 2.40. The Bertz CT molecular complexity index is 149. The first-order valence-electron chi connectivity index (χ1n) is 3.46. The van der Waals surface area contributed by atoms with E-state index in [4.69, 9.17) is 4.52 Å². The van der Waals surface area contributed by atoms with Crippen molar-refractivity contribution in [2.24, 2.45) is 5.92 Å². The average molecular weight is 162 g/mol. The Morgan fingerprint density at radius 1 is 1.70 bits per heavy atom. The molecule has 4 heteroatoms. The molecular weight excluding hydrogens is 149 g/mol. The van der Waals surface area contributed by atoms with Gasteiger partial charge in [0.05, 0.1) is 6.04 Å². The van der Waals surface area contributed by atoms with Gasteiger partial charge in [-0.3, -0.25) is 0 Å². The monoisotopic (exact) mass is 162 g/mol. The number of nitrogens with zero attached hydrogens (tertiary/aromatic N) is 1. The highest BCUT2D eigenvalue weighted by atomic mass is 31.1. The van der Waals surface area contributed by atoms with E-state index in [1.54, 1.807) is 4.67 Å². The van der Waals surface area contributed by atoms with Gasteiger partial charge in [-0.15, -0.1) is 4.52 Å². The molecule has 1 heterocycles. The first-order valence-corrected chi connectivity index (χ1v) is 4.59. The van der Waals surface area contributed by atoms with Crippen LogP contribution in [0, 0.1) is 5.92 Å². The summed E-state index contributed by atoms with van der Waals surface area (Å²) in [5.74, 6) is 0.520.